The van der Waals surface area contributed by atoms with Gasteiger partial charge in [0.1, 0.15) is 5.75 Å². The molecule has 2 aliphatic rings. The van der Waals surface area contributed by atoms with E-state index in [4.69, 9.17) is 4.74 Å². The number of methoxy groups -OCH3 is 1. The van der Waals surface area contributed by atoms with Crippen molar-refractivity contribution < 1.29 is 18.3 Å². The third-order valence-electron chi connectivity index (χ3n) is 6.19. The predicted molar refractivity (Wildman–Crippen MR) is 107 cm³/mol. The zero-order chi connectivity index (χ0) is 21.0. The fourth-order valence-electron chi connectivity index (χ4n) is 4.88. The monoisotopic (exact) mass is 409 g/mol. The zero-order valence-electron chi connectivity index (χ0n) is 16.7. The van der Waals surface area contributed by atoms with Crippen molar-refractivity contribution in [1.29, 1.82) is 0 Å². The number of carbonyl (C=O) groups is 1. The van der Waals surface area contributed by atoms with Crippen molar-refractivity contribution in [3.8, 4) is 17.0 Å². The highest BCUT2D eigenvalue weighted by molar-refractivity contribution is 5.95. The molecule has 154 valence electrons. The normalized spacial score (nSPS) is 19.7. The van der Waals surface area contributed by atoms with Gasteiger partial charge in [0, 0.05) is 29.8 Å². The molecule has 3 heterocycles. The van der Waals surface area contributed by atoms with Gasteiger partial charge in [0.25, 0.3) is 5.91 Å². The lowest BCUT2D eigenvalue weighted by molar-refractivity contribution is 0.0642. The minimum atomic E-state index is -0.879. The van der Waals surface area contributed by atoms with Crippen molar-refractivity contribution in [2.24, 2.45) is 7.05 Å². The first-order chi connectivity index (χ1) is 14.5. The summed E-state index contributed by atoms with van der Waals surface area (Å²) in [6.45, 7) is 0. The second-order valence-electron chi connectivity index (χ2n) is 7.83. The summed E-state index contributed by atoms with van der Waals surface area (Å²) in [6, 6.07) is 11.1. The Bertz CT molecular complexity index is 1160. The maximum Gasteiger partial charge on any atom is 0.254 e. The van der Waals surface area contributed by atoms with Crippen LogP contribution in [-0.2, 0) is 13.5 Å². The van der Waals surface area contributed by atoms with Crippen LogP contribution in [0.5, 0.6) is 5.75 Å². The molecule has 1 fully saturated rings. The number of amides is 1. The Morgan fingerprint density at radius 3 is 2.77 bits per heavy atom. The van der Waals surface area contributed by atoms with Gasteiger partial charge in [0.2, 0.25) is 0 Å². The topological polar surface area (TPSA) is 47.4 Å². The van der Waals surface area contributed by atoms with E-state index in [9.17, 15) is 13.6 Å². The van der Waals surface area contributed by atoms with Crippen molar-refractivity contribution in [2.45, 2.75) is 31.3 Å². The Morgan fingerprint density at radius 1 is 1.17 bits per heavy atom. The lowest BCUT2D eigenvalue weighted by atomic mass is 9.94. The molecule has 0 saturated carbocycles. The average Bonchev–Trinajstić information content (AvgIpc) is 3.26. The number of benzene rings is 2. The number of aryl methyl sites for hydroxylation is 1. The van der Waals surface area contributed by atoms with Crippen LogP contribution in [0.2, 0.25) is 0 Å². The molecule has 0 aliphatic carbocycles. The molecular formula is C23H21F2N3O2. The molecule has 0 unspecified atom stereocenters. The quantitative estimate of drug-likeness (QED) is 0.649. The lowest BCUT2D eigenvalue weighted by Gasteiger charge is -2.34. The summed E-state index contributed by atoms with van der Waals surface area (Å²) >= 11 is 0. The van der Waals surface area contributed by atoms with E-state index in [0.717, 1.165) is 30.2 Å². The lowest BCUT2D eigenvalue weighted by Crippen LogP contribution is -2.41. The Hall–Kier alpha value is -3.22. The predicted octanol–water partition coefficient (Wildman–Crippen LogP) is 4.28. The van der Waals surface area contributed by atoms with Crippen molar-refractivity contribution >= 4 is 5.91 Å². The number of ether oxygens (including phenoxy) is 1. The number of rotatable bonds is 3. The maximum absolute atomic E-state index is 14.5. The first-order valence-electron chi connectivity index (χ1n) is 9.96. The summed E-state index contributed by atoms with van der Waals surface area (Å²) in [7, 11) is 3.31. The minimum Gasteiger partial charge on any atom is -0.497 e. The van der Waals surface area contributed by atoms with E-state index in [-0.39, 0.29) is 23.6 Å². The maximum atomic E-state index is 14.5. The van der Waals surface area contributed by atoms with E-state index in [1.807, 2.05) is 4.90 Å². The zero-order valence-corrected chi connectivity index (χ0v) is 16.7. The number of hydrogen-bond donors (Lipinski definition) is 0. The first-order valence-corrected chi connectivity index (χ1v) is 9.96. The fourth-order valence-corrected chi connectivity index (χ4v) is 4.88. The van der Waals surface area contributed by atoms with Gasteiger partial charge in [-0.05, 0) is 49.6 Å². The van der Waals surface area contributed by atoms with Crippen LogP contribution in [0.3, 0.4) is 0 Å². The van der Waals surface area contributed by atoms with E-state index in [0.29, 0.717) is 23.4 Å². The number of aromatic nitrogens is 2. The second kappa shape index (κ2) is 6.93. The van der Waals surface area contributed by atoms with E-state index < -0.39 is 11.6 Å². The third kappa shape index (κ3) is 2.72. The highest BCUT2D eigenvalue weighted by atomic mass is 19.2. The Balaban J connectivity index is 1.56. The molecule has 0 spiro atoms. The van der Waals surface area contributed by atoms with E-state index >= 15 is 0 Å². The van der Waals surface area contributed by atoms with Gasteiger partial charge in [-0.2, -0.15) is 5.10 Å². The molecule has 30 heavy (non-hydrogen) atoms. The number of carbonyl (C=O) groups excluding carboxylic acids is 1. The second-order valence-corrected chi connectivity index (χ2v) is 7.83. The Kier molecular flexibility index (Phi) is 4.34. The Morgan fingerprint density at radius 2 is 1.97 bits per heavy atom. The minimum absolute atomic E-state index is 0.000714. The van der Waals surface area contributed by atoms with Crippen LogP contribution in [-0.4, -0.2) is 33.7 Å². The summed E-state index contributed by atoms with van der Waals surface area (Å²) in [5.74, 6) is -1.18. The van der Waals surface area contributed by atoms with Crippen LogP contribution in [0.4, 0.5) is 8.78 Å². The smallest absolute Gasteiger partial charge is 0.254 e. The highest BCUT2D eigenvalue weighted by Gasteiger charge is 2.46. The molecule has 1 aromatic heterocycles. The van der Waals surface area contributed by atoms with Crippen molar-refractivity contribution in [2.75, 3.05) is 7.11 Å². The van der Waals surface area contributed by atoms with Gasteiger partial charge in [0.05, 0.1) is 24.5 Å². The molecule has 5 rings (SSSR count). The first kappa shape index (κ1) is 18.8. The standard InChI is InChI=1S/C23H21F2N3O2/c1-27-22(16-7-4-8-18(24)20(16)25)17-12-14-9-10-19(21(17)26-27)28(14)23(29)13-5-3-6-15(11-13)30-2/h3-8,11,14,19H,9-10,12H2,1-2H3/t14-,19-/m0/s1. The van der Waals surface area contributed by atoms with Crippen LogP contribution in [0.15, 0.2) is 42.5 Å². The Labute approximate surface area is 172 Å². The third-order valence-corrected chi connectivity index (χ3v) is 6.19. The molecule has 0 radical (unpaired) electrons. The molecule has 3 aromatic rings. The molecule has 0 N–H and O–H groups in total. The van der Waals surface area contributed by atoms with Gasteiger partial charge in [-0.1, -0.05) is 12.1 Å². The molecule has 2 atom stereocenters. The van der Waals surface area contributed by atoms with Gasteiger partial charge in [-0.15, -0.1) is 0 Å². The van der Waals surface area contributed by atoms with Gasteiger partial charge in [-0.25, -0.2) is 8.78 Å². The molecular weight excluding hydrogens is 388 g/mol. The van der Waals surface area contributed by atoms with Crippen LogP contribution in [0, 0.1) is 11.6 Å². The molecule has 1 amide bonds. The van der Waals surface area contributed by atoms with Gasteiger partial charge in [0.15, 0.2) is 11.6 Å². The number of halogens is 2. The molecule has 2 aliphatic heterocycles. The highest BCUT2D eigenvalue weighted by Crippen LogP contribution is 2.47. The summed E-state index contributed by atoms with van der Waals surface area (Å²) in [4.78, 5) is 15.2. The number of fused-ring (bicyclic) bond motifs is 4. The van der Waals surface area contributed by atoms with E-state index in [2.05, 4.69) is 5.10 Å². The van der Waals surface area contributed by atoms with Crippen LogP contribution >= 0.6 is 0 Å². The largest absolute Gasteiger partial charge is 0.497 e. The van der Waals surface area contributed by atoms with Gasteiger partial charge < -0.3 is 9.64 Å². The SMILES string of the molecule is COc1cccc(C(=O)N2[C@H]3CC[C@H]2c2nn(C)c(-c4cccc(F)c4F)c2C3)c1. The van der Waals surface area contributed by atoms with E-state index in [1.165, 1.54) is 6.07 Å². The summed E-state index contributed by atoms with van der Waals surface area (Å²) in [5, 5.41) is 4.65. The average molecular weight is 409 g/mol. The van der Waals surface area contributed by atoms with Crippen LogP contribution in [0.25, 0.3) is 11.3 Å². The molecule has 2 bridgehead atoms. The van der Waals surface area contributed by atoms with E-state index in [1.54, 1.807) is 49.2 Å². The van der Waals surface area contributed by atoms with Gasteiger partial charge >= 0.3 is 0 Å². The van der Waals surface area contributed by atoms with Gasteiger partial charge in [-0.3, -0.25) is 9.48 Å². The summed E-state index contributed by atoms with van der Waals surface area (Å²) in [6.07, 6.45) is 2.22. The van der Waals surface area contributed by atoms with Crippen molar-refractivity contribution in [3.63, 3.8) is 0 Å². The molecule has 2 aromatic carbocycles. The molecule has 7 heteroatoms. The van der Waals surface area contributed by atoms with Crippen molar-refractivity contribution in [3.05, 3.63) is 70.9 Å². The van der Waals surface area contributed by atoms with Crippen molar-refractivity contribution in [1.82, 2.24) is 14.7 Å². The summed E-state index contributed by atoms with van der Waals surface area (Å²) in [5.41, 5.74) is 3.05. The van der Waals surface area contributed by atoms with Crippen LogP contribution < -0.4 is 4.74 Å². The molecule has 5 nitrogen and oxygen atoms in total. The number of hydrogen-bond acceptors (Lipinski definition) is 3. The fraction of sp³-hybridized carbons (Fsp3) is 0.304. The van der Waals surface area contributed by atoms with Crippen LogP contribution in [0.1, 0.15) is 40.5 Å². The molecule has 1 saturated heterocycles. The number of nitrogens with zero attached hydrogens (tertiary/aromatic N) is 3. The summed E-state index contributed by atoms with van der Waals surface area (Å²) < 4.78 is 35.2.